The first-order chi connectivity index (χ1) is 5.74. The standard InChI is InChI=1S/C11H19Cl/c1-3-9(2)8-10-6-4-5-7-11(10)12/h10-11H,2-8H2,1H3. The van der Waals surface area contributed by atoms with E-state index in [1.54, 1.807) is 0 Å². The van der Waals surface area contributed by atoms with Gasteiger partial charge >= 0.3 is 0 Å². The van der Waals surface area contributed by atoms with Crippen molar-refractivity contribution < 1.29 is 0 Å². The van der Waals surface area contributed by atoms with E-state index >= 15 is 0 Å². The molecule has 1 aliphatic carbocycles. The fourth-order valence-corrected chi connectivity index (χ4v) is 2.28. The number of rotatable bonds is 3. The topological polar surface area (TPSA) is 0 Å². The molecule has 0 aromatic carbocycles. The minimum absolute atomic E-state index is 0.419. The lowest BCUT2D eigenvalue weighted by Crippen LogP contribution is -2.19. The predicted molar refractivity (Wildman–Crippen MR) is 55.6 cm³/mol. The van der Waals surface area contributed by atoms with Gasteiger partial charge in [0.05, 0.1) is 0 Å². The molecule has 2 unspecified atom stereocenters. The van der Waals surface area contributed by atoms with Gasteiger partial charge in [0.1, 0.15) is 0 Å². The Balaban J connectivity index is 2.33. The molecule has 0 radical (unpaired) electrons. The summed E-state index contributed by atoms with van der Waals surface area (Å²) in [5, 5.41) is 0.419. The van der Waals surface area contributed by atoms with E-state index in [0.717, 1.165) is 12.8 Å². The molecule has 12 heavy (non-hydrogen) atoms. The first-order valence-electron chi connectivity index (χ1n) is 5.04. The summed E-state index contributed by atoms with van der Waals surface area (Å²) >= 11 is 6.24. The lowest BCUT2D eigenvalue weighted by atomic mass is 9.84. The van der Waals surface area contributed by atoms with Crippen molar-refractivity contribution in [2.24, 2.45) is 5.92 Å². The zero-order chi connectivity index (χ0) is 8.97. The van der Waals surface area contributed by atoms with Gasteiger partial charge in [-0.25, -0.2) is 0 Å². The van der Waals surface area contributed by atoms with Crippen LogP contribution in [0.2, 0.25) is 0 Å². The second-order valence-electron chi connectivity index (χ2n) is 3.87. The van der Waals surface area contributed by atoms with Crippen molar-refractivity contribution in [3.05, 3.63) is 12.2 Å². The summed E-state index contributed by atoms with van der Waals surface area (Å²) in [5.41, 5.74) is 1.37. The smallest absolute Gasteiger partial charge is 0.0367 e. The van der Waals surface area contributed by atoms with E-state index in [1.165, 1.54) is 31.3 Å². The fourth-order valence-electron chi connectivity index (χ4n) is 1.91. The Morgan fingerprint density at radius 2 is 2.08 bits per heavy atom. The Kier molecular flexibility index (Phi) is 4.14. The summed E-state index contributed by atoms with van der Waals surface area (Å²) in [6, 6.07) is 0. The van der Waals surface area contributed by atoms with Gasteiger partial charge in [0.2, 0.25) is 0 Å². The minimum atomic E-state index is 0.419. The first kappa shape index (κ1) is 10.1. The number of hydrogen-bond donors (Lipinski definition) is 0. The minimum Gasteiger partial charge on any atom is -0.123 e. The summed E-state index contributed by atoms with van der Waals surface area (Å²) in [6.07, 6.45) is 7.48. The molecule has 0 nitrogen and oxygen atoms in total. The maximum absolute atomic E-state index is 6.24. The molecule has 2 atom stereocenters. The Morgan fingerprint density at radius 3 is 2.67 bits per heavy atom. The van der Waals surface area contributed by atoms with Crippen LogP contribution in [0.1, 0.15) is 45.4 Å². The number of allylic oxidation sites excluding steroid dienone is 1. The normalized spacial score (nSPS) is 30.2. The van der Waals surface area contributed by atoms with Crippen molar-refractivity contribution in [1.29, 1.82) is 0 Å². The van der Waals surface area contributed by atoms with Crippen LogP contribution in [0.15, 0.2) is 12.2 Å². The van der Waals surface area contributed by atoms with Crippen LogP contribution in [0, 0.1) is 5.92 Å². The van der Waals surface area contributed by atoms with Crippen molar-refractivity contribution in [3.63, 3.8) is 0 Å². The van der Waals surface area contributed by atoms with E-state index in [-0.39, 0.29) is 0 Å². The average molecular weight is 187 g/mol. The van der Waals surface area contributed by atoms with Crippen LogP contribution < -0.4 is 0 Å². The van der Waals surface area contributed by atoms with Crippen LogP contribution in [0.4, 0.5) is 0 Å². The van der Waals surface area contributed by atoms with Crippen LogP contribution in [0.5, 0.6) is 0 Å². The zero-order valence-electron chi connectivity index (χ0n) is 7.98. The fraction of sp³-hybridized carbons (Fsp3) is 0.818. The quantitative estimate of drug-likeness (QED) is 0.459. The van der Waals surface area contributed by atoms with Crippen LogP contribution in [0.3, 0.4) is 0 Å². The van der Waals surface area contributed by atoms with E-state index in [0.29, 0.717) is 11.3 Å². The van der Waals surface area contributed by atoms with Crippen LogP contribution in [-0.2, 0) is 0 Å². The Labute approximate surface area is 81.0 Å². The van der Waals surface area contributed by atoms with Crippen molar-refractivity contribution >= 4 is 11.6 Å². The molecule has 0 aromatic heterocycles. The number of halogens is 1. The molecule has 0 heterocycles. The second-order valence-corrected chi connectivity index (χ2v) is 4.43. The van der Waals surface area contributed by atoms with E-state index in [9.17, 15) is 0 Å². The van der Waals surface area contributed by atoms with Gasteiger partial charge in [-0.05, 0) is 31.6 Å². The molecule has 70 valence electrons. The molecule has 0 bridgehead atoms. The van der Waals surface area contributed by atoms with Gasteiger partial charge < -0.3 is 0 Å². The zero-order valence-corrected chi connectivity index (χ0v) is 8.74. The van der Waals surface area contributed by atoms with E-state index in [1.807, 2.05) is 0 Å². The van der Waals surface area contributed by atoms with Gasteiger partial charge in [-0.15, -0.1) is 11.6 Å². The van der Waals surface area contributed by atoms with Gasteiger partial charge in [0.15, 0.2) is 0 Å². The van der Waals surface area contributed by atoms with Gasteiger partial charge in [0, 0.05) is 5.38 Å². The highest BCUT2D eigenvalue weighted by molar-refractivity contribution is 6.20. The van der Waals surface area contributed by atoms with Crippen molar-refractivity contribution in [1.82, 2.24) is 0 Å². The lowest BCUT2D eigenvalue weighted by molar-refractivity contribution is 0.361. The second kappa shape index (κ2) is 4.91. The van der Waals surface area contributed by atoms with Gasteiger partial charge in [-0.3, -0.25) is 0 Å². The van der Waals surface area contributed by atoms with Crippen LogP contribution >= 0.6 is 11.6 Å². The third kappa shape index (κ3) is 2.82. The van der Waals surface area contributed by atoms with E-state index in [2.05, 4.69) is 13.5 Å². The summed E-state index contributed by atoms with van der Waals surface area (Å²) in [7, 11) is 0. The van der Waals surface area contributed by atoms with Gasteiger partial charge in [-0.1, -0.05) is 31.9 Å². The summed E-state index contributed by atoms with van der Waals surface area (Å²) < 4.78 is 0. The molecule has 0 amide bonds. The molecule has 1 saturated carbocycles. The third-order valence-electron chi connectivity index (χ3n) is 2.87. The molecule has 0 aromatic rings. The first-order valence-corrected chi connectivity index (χ1v) is 5.48. The highest BCUT2D eigenvalue weighted by atomic mass is 35.5. The Bertz CT molecular complexity index is 151. The predicted octanol–water partition coefficient (Wildman–Crippen LogP) is 4.14. The maximum Gasteiger partial charge on any atom is 0.0367 e. The average Bonchev–Trinajstić information content (AvgIpc) is 2.09. The van der Waals surface area contributed by atoms with Crippen LogP contribution in [0.25, 0.3) is 0 Å². The molecular formula is C11H19Cl. The number of alkyl halides is 1. The molecule has 1 heteroatoms. The molecule has 0 N–H and O–H groups in total. The largest absolute Gasteiger partial charge is 0.123 e. The summed E-state index contributed by atoms with van der Waals surface area (Å²) in [6.45, 7) is 6.22. The molecule has 1 rings (SSSR count). The lowest BCUT2D eigenvalue weighted by Gasteiger charge is -2.27. The van der Waals surface area contributed by atoms with Gasteiger partial charge in [-0.2, -0.15) is 0 Å². The van der Waals surface area contributed by atoms with Gasteiger partial charge in [0.25, 0.3) is 0 Å². The maximum atomic E-state index is 6.24. The Hall–Kier alpha value is 0.0300. The van der Waals surface area contributed by atoms with E-state index < -0.39 is 0 Å². The molecule has 1 fully saturated rings. The Morgan fingerprint density at radius 1 is 1.42 bits per heavy atom. The van der Waals surface area contributed by atoms with Crippen LogP contribution in [-0.4, -0.2) is 5.38 Å². The summed E-state index contributed by atoms with van der Waals surface area (Å²) in [5.74, 6) is 0.716. The summed E-state index contributed by atoms with van der Waals surface area (Å²) in [4.78, 5) is 0. The highest BCUT2D eigenvalue weighted by Crippen LogP contribution is 2.33. The van der Waals surface area contributed by atoms with Crippen molar-refractivity contribution in [2.45, 2.75) is 50.8 Å². The molecular weight excluding hydrogens is 168 g/mol. The highest BCUT2D eigenvalue weighted by Gasteiger charge is 2.22. The SMILES string of the molecule is C=C(CC)CC1CCCCC1Cl. The number of hydrogen-bond acceptors (Lipinski definition) is 0. The third-order valence-corrected chi connectivity index (χ3v) is 3.44. The molecule has 0 aliphatic heterocycles. The van der Waals surface area contributed by atoms with Crippen molar-refractivity contribution in [3.8, 4) is 0 Å². The monoisotopic (exact) mass is 186 g/mol. The van der Waals surface area contributed by atoms with Crippen molar-refractivity contribution in [2.75, 3.05) is 0 Å². The molecule has 1 aliphatic rings. The van der Waals surface area contributed by atoms with E-state index in [4.69, 9.17) is 11.6 Å². The molecule has 0 spiro atoms. The molecule has 0 saturated heterocycles.